The molecule has 3 N–H and O–H groups in total. The Bertz CT molecular complexity index is 506. The van der Waals surface area contributed by atoms with Crippen LogP contribution in [-0.4, -0.2) is 47.7 Å². The van der Waals surface area contributed by atoms with Crippen LogP contribution in [-0.2, 0) is 4.79 Å². The van der Waals surface area contributed by atoms with Gasteiger partial charge < -0.3 is 20.6 Å². The zero-order valence-electron chi connectivity index (χ0n) is 11.7. The van der Waals surface area contributed by atoms with Gasteiger partial charge in [0.05, 0.1) is 17.5 Å². The lowest BCUT2D eigenvalue weighted by Crippen LogP contribution is -2.53. The first-order valence-corrected chi connectivity index (χ1v) is 7.21. The number of fused-ring (bicyclic) bond motifs is 1. The quantitative estimate of drug-likeness (QED) is 0.719. The number of piperidine rings is 1. The minimum absolute atomic E-state index is 0.0675. The molecule has 0 saturated carbocycles. The second-order valence-electron chi connectivity index (χ2n) is 5.74. The summed E-state index contributed by atoms with van der Waals surface area (Å²) in [6.45, 7) is 3.79. The van der Waals surface area contributed by atoms with Gasteiger partial charge in [-0.05, 0) is 24.5 Å². The monoisotopic (exact) mass is 275 g/mol. The molecule has 0 aliphatic carbocycles. The van der Waals surface area contributed by atoms with Gasteiger partial charge in [0.25, 0.3) is 0 Å². The van der Waals surface area contributed by atoms with E-state index >= 15 is 0 Å². The Labute approximate surface area is 119 Å². The molecule has 0 spiro atoms. The lowest BCUT2D eigenvalue weighted by molar-refractivity contribution is -0.136. The van der Waals surface area contributed by atoms with Crippen LogP contribution in [0.4, 0.5) is 11.4 Å². The molecule has 1 saturated heterocycles. The van der Waals surface area contributed by atoms with E-state index in [1.54, 1.807) is 4.90 Å². The Kier molecular flexibility index (Phi) is 3.53. The van der Waals surface area contributed by atoms with Crippen molar-refractivity contribution in [2.45, 2.75) is 25.5 Å². The lowest BCUT2D eigenvalue weighted by Gasteiger charge is -2.37. The van der Waals surface area contributed by atoms with Crippen LogP contribution in [0.5, 0.6) is 0 Å². The number of hydrogen-bond acceptors (Lipinski definition) is 4. The summed E-state index contributed by atoms with van der Waals surface area (Å²) in [7, 11) is 0. The van der Waals surface area contributed by atoms with Crippen molar-refractivity contribution in [2.24, 2.45) is 5.92 Å². The molecule has 1 fully saturated rings. The van der Waals surface area contributed by atoms with Crippen LogP contribution in [0.3, 0.4) is 0 Å². The van der Waals surface area contributed by atoms with Crippen molar-refractivity contribution in [2.75, 3.05) is 30.3 Å². The highest BCUT2D eigenvalue weighted by Crippen LogP contribution is 2.26. The van der Waals surface area contributed by atoms with Gasteiger partial charge in [-0.25, -0.2) is 0 Å². The number of nitrogens with zero attached hydrogens (tertiary/aromatic N) is 1. The molecule has 0 radical (unpaired) electrons. The SMILES string of the molecule is CC1CCN(C(=O)C2CNc3ccccc3N2)CC1O. The van der Waals surface area contributed by atoms with E-state index in [0.717, 1.165) is 24.3 Å². The van der Waals surface area contributed by atoms with E-state index in [9.17, 15) is 9.90 Å². The molecule has 0 bridgehead atoms. The predicted octanol–water partition coefficient (Wildman–Crippen LogP) is 1.12. The summed E-state index contributed by atoms with van der Waals surface area (Å²) in [4.78, 5) is 14.3. The molecule has 3 rings (SSSR count). The number of aliphatic hydroxyl groups excluding tert-OH is 1. The summed E-state index contributed by atoms with van der Waals surface area (Å²) >= 11 is 0. The van der Waals surface area contributed by atoms with Crippen LogP contribution in [0.1, 0.15) is 13.3 Å². The highest BCUT2D eigenvalue weighted by Gasteiger charge is 2.32. The Morgan fingerprint density at radius 2 is 2.10 bits per heavy atom. The number of benzene rings is 1. The summed E-state index contributed by atoms with van der Waals surface area (Å²) < 4.78 is 0. The number of rotatable bonds is 1. The fourth-order valence-corrected chi connectivity index (χ4v) is 2.83. The molecule has 108 valence electrons. The number of hydrogen-bond donors (Lipinski definition) is 3. The molecular weight excluding hydrogens is 254 g/mol. The molecule has 3 unspecified atom stereocenters. The van der Waals surface area contributed by atoms with Gasteiger partial charge in [0.15, 0.2) is 0 Å². The van der Waals surface area contributed by atoms with E-state index < -0.39 is 6.10 Å². The topological polar surface area (TPSA) is 64.6 Å². The molecule has 3 atom stereocenters. The normalized spacial score (nSPS) is 29.1. The number of nitrogens with one attached hydrogen (secondary N) is 2. The van der Waals surface area contributed by atoms with Crippen LogP contribution in [0, 0.1) is 5.92 Å². The summed E-state index contributed by atoms with van der Waals surface area (Å²) in [6, 6.07) is 7.63. The minimum Gasteiger partial charge on any atom is -0.391 e. The van der Waals surface area contributed by atoms with Crippen molar-refractivity contribution in [3.8, 4) is 0 Å². The molecule has 5 nitrogen and oxygen atoms in total. The first-order chi connectivity index (χ1) is 9.65. The molecule has 2 aliphatic heterocycles. The van der Waals surface area contributed by atoms with Crippen molar-refractivity contribution >= 4 is 17.3 Å². The highest BCUT2D eigenvalue weighted by atomic mass is 16.3. The third kappa shape index (κ3) is 2.45. The number of aliphatic hydroxyl groups is 1. The van der Waals surface area contributed by atoms with Gasteiger partial charge in [0, 0.05) is 19.6 Å². The molecule has 20 heavy (non-hydrogen) atoms. The number of likely N-dealkylation sites (tertiary alicyclic amines) is 1. The number of carbonyl (C=O) groups is 1. The largest absolute Gasteiger partial charge is 0.391 e. The second kappa shape index (κ2) is 5.32. The van der Waals surface area contributed by atoms with Crippen molar-refractivity contribution in [1.82, 2.24) is 4.90 Å². The fraction of sp³-hybridized carbons (Fsp3) is 0.533. The van der Waals surface area contributed by atoms with E-state index in [-0.39, 0.29) is 17.9 Å². The summed E-state index contributed by atoms with van der Waals surface area (Å²) in [5, 5.41) is 16.5. The molecule has 1 amide bonds. The molecule has 2 heterocycles. The third-order valence-electron chi connectivity index (χ3n) is 4.28. The molecule has 0 aromatic heterocycles. The zero-order chi connectivity index (χ0) is 14.1. The Hall–Kier alpha value is -1.75. The third-order valence-corrected chi connectivity index (χ3v) is 4.28. The van der Waals surface area contributed by atoms with Crippen LogP contribution < -0.4 is 10.6 Å². The molecule has 5 heteroatoms. The standard InChI is InChI=1S/C15H21N3O2/c1-10-6-7-18(9-14(10)19)15(20)13-8-16-11-4-2-3-5-12(11)17-13/h2-5,10,13-14,16-17,19H,6-9H2,1H3. The van der Waals surface area contributed by atoms with Gasteiger partial charge >= 0.3 is 0 Å². The minimum atomic E-state index is -0.406. The van der Waals surface area contributed by atoms with Crippen molar-refractivity contribution in [3.05, 3.63) is 24.3 Å². The van der Waals surface area contributed by atoms with Crippen molar-refractivity contribution in [3.63, 3.8) is 0 Å². The van der Waals surface area contributed by atoms with E-state index in [1.807, 2.05) is 31.2 Å². The Morgan fingerprint density at radius 3 is 2.85 bits per heavy atom. The van der Waals surface area contributed by atoms with E-state index in [2.05, 4.69) is 10.6 Å². The maximum absolute atomic E-state index is 12.5. The van der Waals surface area contributed by atoms with Gasteiger partial charge in [-0.3, -0.25) is 4.79 Å². The Morgan fingerprint density at radius 1 is 1.35 bits per heavy atom. The van der Waals surface area contributed by atoms with Gasteiger partial charge in [-0.1, -0.05) is 19.1 Å². The smallest absolute Gasteiger partial charge is 0.246 e. The maximum Gasteiger partial charge on any atom is 0.246 e. The predicted molar refractivity (Wildman–Crippen MR) is 78.7 cm³/mol. The maximum atomic E-state index is 12.5. The van der Waals surface area contributed by atoms with Crippen LogP contribution >= 0.6 is 0 Å². The average Bonchev–Trinajstić information content (AvgIpc) is 2.49. The van der Waals surface area contributed by atoms with Crippen LogP contribution in [0.15, 0.2) is 24.3 Å². The van der Waals surface area contributed by atoms with E-state index in [1.165, 1.54) is 0 Å². The van der Waals surface area contributed by atoms with Crippen LogP contribution in [0.2, 0.25) is 0 Å². The first kappa shape index (κ1) is 13.2. The molecule has 1 aromatic rings. The van der Waals surface area contributed by atoms with Gasteiger partial charge in [0.2, 0.25) is 5.91 Å². The summed E-state index contributed by atoms with van der Waals surface area (Å²) in [5.41, 5.74) is 1.99. The van der Waals surface area contributed by atoms with Gasteiger partial charge in [-0.2, -0.15) is 0 Å². The highest BCUT2D eigenvalue weighted by molar-refractivity contribution is 5.88. The number of anilines is 2. The molecule has 2 aliphatic rings. The number of carbonyl (C=O) groups excluding carboxylic acids is 1. The number of β-amino-alcohol motifs (C(OH)–C–C–N with tert-alkyl or cyclic N) is 1. The number of amides is 1. The second-order valence-corrected chi connectivity index (χ2v) is 5.74. The summed E-state index contributed by atoms with van der Waals surface area (Å²) in [5.74, 6) is 0.343. The fourth-order valence-electron chi connectivity index (χ4n) is 2.83. The summed E-state index contributed by atoms with van der Waals surface area (Å²) in [6.07, 6.45) is 0.459. The zero-order valence-corrected chi connectivity index (χ0v) is 11.7. The molecular formula is C15H21N3O2. The van der Waals surface area contributed by atoms with Crippen LogP contribution in [0.25, 0.3) is 0 Å². The van der Waals surface area contributed by atoms with E-state index in [4.69, 9.17) is 0 Å². The Balaban J connectivity index is 1.67. The average molecular weight is 275 g/mol. The van der Waals surface area contributed by atoms with Gasteiger partial charge in [0.1, 0.15) is 6.04 Å². The van der Waals surface area contributed by atoms with E-state index in [0.29, 0.717) is 13.1 Å². The molecule has 1 aromatic carbocycles. The first-order valence-electron chi connectivity index (χ1n) is 7.21. The lowest BCUT2D eigenvalue weighted by atomic mass is 9.95. The van der Waals surface area contributed by atoms with Crippen molar-refractivity contribution < 1.29 is 9.90 Å². The van der Waals surface area contributed by atoms with Gasteiger partial charge in [-0.15, -0.1) is 0 Å². The van der Waals surface area contributed by atoms with Crippen molar-refractivity contribution in [1.29, 1.82) is 0 Å². The number of para-hydroxylation sites is 2.